The van der Waals surface area contributed by atoms with E-state index < -0.39 is 0 Å². The summed E-state index contributed by atoms with van der Waals surface area (Å²) in [5, 5.41) is 0. The van der Waals surface area contributed by atoms with Crippen LogP contribution < -0.4 is 4.74 Å². The zero-order chi connectivity index (χ0) is 11.0. The van der Waals surface area contributed by atoms with E-state index in [0.717, 1.165) is 23.0 Å². The number of oxazole rings is 1. The fourth-order valence-corrected chi connectivity index (χ4v) is 1.70. The molecule has 1 heterocycles. The van der Waals surface area contributed by atoms with Gasteiger partial charge in [-0.05, 0) is 37.1 Å². The first kappa shape index (κ1) is 9.46. The molecule has 1 fully saturated rings. The molecule has 16 heavy (non-hydrogen) atoms. The van der Waals surface area contributed by atoms with E-state index >= 15 is 0 Å². The van der Waals surface area contributed by atoms with Gasteiger partial charge in [-0.3, -0.25) is 0 Å². The lowest BCUT2D eigenvalue weighted by atomic mass is 10.2. The molecule has 3 rings (SSSR count). The van der Waals surface area contributed by atoms with Gasteiger partial charge in [-0.1, -0.05) is 0 Å². The monoisotopic (exact) mass is 215 g/mol. The molecular formula is C13H13NO2. The van der Waals surface area contributed by atoms with Gasteiger partial charge in [-0.2, -0.15) is 0 Å². The van der Waals surface area contributed by atoms with E-state index in [1.165, 1.54) is 12.8 Å². The number of methoxy groups -OCH3 is 1. The van der Waals surface area contributed by atoms with Crippen LogP contribution in [0, 0.1) is 0 Å². The molecule has 1 aromatic carbocycles. The summed E-state index contributed by atoms with van der Waals surface area (Å²) >= 11 is 0. The lowest BCUT2D eigenvalue weighted by Crippen LogP contribution is -1.81. The third-order valence-corrected chi connectivity index (χ3v) is 2.82. The molecule has 1 aliphatic carbocycles. The maximum atomic E-state index is 5.72. The number of aromatic nitrogens is 1. The number of hydrogen-bond donors (Lipinski definition) is 0. The van der Waals surface area contributed by atoms with Crippen LogP contribution in [0.1, 0.15) is 24.7 Å². The van der Waals surface area contributed by atoms with Crippen molar-refractivity contribution in [2.75, 3.05) is 7.11 Å². The molecular weight excluding hydrogens is 202 g/mol. The average Bonchev–Trinajstić information content (AvgIpc) is 3.08. The molecule has 1 aromatic heterocycles. The molecule has 1 saturated carbocycles. The Morgan fingerprint density at radius 2 is 2.00 bits per heavy atom. The molecule has 82 valence electrons. The largest absolute Gasteiger partial charge is 0.497 e. The molecule has 0 radical (unpaired) electrons. The Balaban J connectivity index is 1.88. The van der Waals surface area contributed by atoms with Gasteiger partial charge in [-0.25, -0.2) is 4.98 Å². The van der Waals surface area contributed by atoms with E-state index in [9.17, 15) is 0 Å². The van der Waals surface area contributed by atoms with Gasteiger partial charge in [0, 0.05) is 11.5 Å². The average molecular weight is 215 g/mol. The molecule has 0 N–H and O–H groups in total. The fourth-order valence-electron chi connectivity index (χ4n) is 1.70. The van der Waals surface area contributed by atoms with Gasteiger partial charge in [0.2, 0.25) is 0 Å². The van der Waals surface area contributed by atoms with Crippen molar-refractivity contribution in [1.82, 2.24) is 4.98 Å². The zero-order valence-electron chi connectivity index (χ0n) is 9.14. The van der Waals surface area contributed by atoms with E-state index in [0.29, 0.717) is 5.92 Å². The highest BCUT2D eigenvalue weighted by Crippen LogP contribution is 2.40. The maximum absolute atomic E-state index is 5.72. The summed E-state index contributed by atoms with van der Waals surface area (Å²) in [7, 11) is 1.66. The first-order chi connectivity index (χ1) is 7.86. The number of hydrogen-bond acceptors (Lipinski definition) is 3. The van der Waals surface area contributed by atoms with Crippen LogP contribution in [0.15, 0.2) is 34.9 Å². The molecule has 0 bridgehead atoms. The van der Waals surface area contributed by atoms with Gasteiger partial charge in [0.05, 0.1) is 13.3 Å². The van der Waals surface area contributed by atoms with Crippen LogP contribution >= 0.6 is 0 Å². The van der Waals surface area contributed by atoms with Gasteiger partial charge >= 0.3 is 0 Å². The van der Waals surface area contributed by atoms with Crippen LogP contribution in [-0.4, -0.2) is 12.1 Å². The van der Waals surface area contributed by atoms with E-state index in [-0.39, 0.29) is 0 Å². The first-order valence-corrected chi connectivity index (χ1v) is 5.47. The summed E-state index contributed by atoms with van der Waals surface area (Å²) in [6.45, 7) is 0. The Labute approximate surface area is 94.1 Å². The van der Waals surface area contributed by atoms with Crippen molar-refractivity contribution in [3.8, 4) is 17.1 Å². The molecule has 0 spiro atoms. The number of benzene rings is 1. The molecule has 0 aliphatic heterocycles. The van der Waals surface area contributed by atoms with Gasteiger partial charge in [0.25, 0.3) is 0 Å². The summed E-state index contributed by atoms with van der Waals surface area (Å²) in [5.74, 6) is 3.13. The highest BCUT2D eigenvalue weighted by atomic mass is 16.5. The van der Waals surface area contributed by atoms with Crippen molar-refractivity contribution in [1.29, 1.82) is 0 Å². The van der Waals surface area contributed by atoms with Crippen molar-refractivity contribution >= 4 is 0 Å². The molecule has 3 nitrogen and oxygen atoms in total. The lowest BCUT2D eigenvalue weighted by molar-refractivity contribution is 0.415. The SMILES string of the molecule is COc1ccc(-c2cnc(C3CC3)o2)cc1. The lowest BCUT2D eigenvalue weighted by Gasteiger charge is -2.00. The Bertz CT molecular complexity index is 483. The first-order valence-electron chi connectivity index (χ1n) is 5.47. The quantitative estimate of drug-likeness (QED) is 0.788. The molecule has 2 aromatic rings. The molecule has 0 amide bonds. The smallest absolute Gasteiger partial charge is 0.198 e. The predicted octanol–water partition coefficient (Wildman–Crippen LogP) is 3.23. The second-order valence-electron chi connectivity index (χ2n) is 4.07. The van der Waals surface area contributed by atoms with Crippen molar-refractivity contribution in [2.45, 2.75) is 18.8 Å². The van der Waals surface area contributed by atoms with Crippen LogP contribution in [0.2, 0.25) is 0 Å². The maximum Gasteiger partial charge on any atom is 0.198 e. The number of nitrogens with zero attached hydrogens (tertiary/aromatic N) is 1. The minimum absolute atomic E-state index is 0.562. The van der Waals surface area contributed by atoms with Crippen LogP contribution in [-0.2, 0) is 0 Å². The second-order valence-corrected chi connectivity index (χ2v) is 4.07. The summed E-state index contributed by atoms with van der Waals surface area (Å²) in [6, 6.07) is 7.81. The minimum Gasteiger partial charge on any atom is -0.497 e. The van der Waals surface area contributed by atoms with E-state index in [2.05, 4.69) is 4.98 Å². The summed E-state index contributed by atoms with van der Waals surface area (Å²) in [4.78, 5) is 4.30. The van der Waals surface area contributed by atoms with Crippen LogP contribution in [0.4, 0.5) is 0 Å². The van der Waals surface area contributed by atoms with Crippen molar-refractivity contribution in [2.24, 2.45) is 0 Å². The minimum atomic E-state index is 0.562. The second kappa shape index (κ2) is 3.67. The van der Waals surface area contributed by atoms with Crippen LogP contribution in [0.3, 0.4) is 0 Å². The molecule has 1 aliphatic rings. The normalized spacial score (nSPS) is 15.1. The van der Waals surface area contributed by atoms with E-state index in [1.807, 2.05) is 24.3 Å². The summed E-state index contributed by atoms with van der Waals surface area (Å²) < 4.78 is 10.8. The molecule has 0 saturated heterocycles. The Morgan fingerprint density at radius 1 is 1.25 bits per heavy atom. The third kappa shape index (κ3) is 1.69. The van der Waals surface area contributed by atoms with E-state index in [4.69, 9.17) is 9.15 Å². The number of rotatable bonds is 3. The molecule has 0 atom stereocenters. The van der Waals surface area contributed by atoms with Crippen molar-refractivity contribution in [3.63, 3.8) is 0 Å². The Kier molecular flexibility index (Phi) is 2.17. The third-order valence-electron chi connectivity index (χ3n) is 2.82. The number of ether oxygens (including phenoxy) is 1. The summed E-state index contributed by atoms with van der Waals surface area (Å²) in [6.07, 6.45) is 4.22. The topological polar surface area (TPSA) is 35.3 Å². The van der Waals surface area contributed by atoms with Gasteiger partial charge in [-0.15, -0.1) is 0 Å². The van der Waals surface area contributed by atoms with Crippen LogP contribution in [0.5, 0.6) is 5.75 Å². The zero-order valence-corrected chi connectivity index (χ0v) is 9.14. The van der Waals surface area contributed by atoms with Crippen LogP contribution in [0.25, 0.3) is 11.3 Å². The fraction of sp³-hybridized carbons (Fsp3) is 0.308. The van der Waals surface area contributed by atoms with E-state index in [1.54, 1.807) is 13.3 Å². The predicted molar refractivity (Wildman–Crippen MR) is 60.5 cm³/mol. The van der Waals surface area contributed by atoms with Crippen molar-refractivity contribution in [3.05, 3.63) is 36.4 Å². The van der Waals surface area contributed by atoms with Gasteiger partial charge in [0.1, 0.15) is 5.75 Å². The Hall–Kier alpha value is -1.77. The van der Waals surface area contributed by atoms with Gasteiger partial charge in [0.15, 0.2) is 11.7 Å². The molecule has 3 heteroatoms. The van der Waals surface area contributed by atoms with Gasteiger partial charge < -0.3 is 9.15 Å². The highest BCUT2D eigenvalue weighted by molar-refractivity contribution is 5.57. The standard InChI is InChI=1S/C13H13NO2/c1-15-11-6-4-9(5-7-11)12-8-14-13(16-12)10-2-3-10/h4-8,10H,2-3H2,1H3. The summed E-state index contributed by atoms with van der Waals surface area (Å²) in [5.41, 5.74) is 1.04. The highest BCUT2D eigenvalue weighted by Gasteiger charge is 2.28. The Morgan fingerprint density at radius 3 is 2.62 bits per heavy atom. The molecule has 0 unspecified atom stereocenters. The van der Waals surface area contributed by atoms with Crippen molar-refractivity contribution < 1.29 is 9.15 Å².